The third kappa shape index (κ3) is 5.86. The molecule has 1 radical (unpaired) electrons. The van der Waals surface area contributed by atoms with Gasteiger partial charge in [0, 0.05) is 17.1 Å². The molecule has 143 valence electrons. The maximum atomic E-state index is 12.2. The van der Waals surface area contributed by atoms with Gasteiger partial charge in [0.2, 0.25) is 0 Å². The van der Waals surface area contributed by atoms with Gasteiger partial charge in [-0.05, 0) is 25.7 Å². The third-order valence-corrected chi connectivity index (χ3v) is 2.70. The van der Waals surface area contributed by atoms with Crippen LogP contribution in [0.3, 0.4) is 0 Å². The van der Waals surface area contributed by atoms with Gasteiger partial charge >= 0.3 is 29.7 Å². The minimum atomic E-state index is -6.53. The molecule has 0 aromatic carbocycles. The molecule has 0 saturated carbocycles. The molecule has 0 heterocycles. The molecule has 0 unspecified atom stereocenters. The molecule has 0 saturated heterocycles. The maximum absolute atomic E-state index is 12.2. The zero-order valence-corrected chi connectivity index (χ0v) is 12.9. The van der Waals surface area contributed by atoms with Crippen LogP contribution < -0.4 is 0 Å². The molecule has 0 aromatic rings. The second-order valence-corrected chi connectivity index (χ2v) is 4.47. The largest absolute Gasteiger partial charge is 0.477 e. The number of hydrogen-bond donors (Lipinski definition) is 2. The summed E-state index contributed by atoms with van der Waals surface area (Å²) in [7, 11) is 0. The van der Waals surface area contributed by atoms with Gasteiger partial charge in [-0.25, -0.2) is 9.59 Å². The van der Waals surface area contributed by atoms with Gasteiger partial charge in [0.05, 0.1) is 0 Å². The summed E-state index contributed by atoms with van der Waals surface area (Å²) in [6.07, 6.45) is 14.0. The van der Waals surface area contributed by atoms with E-state index in [1.165, 1.54) is 25.7 Å². The molecular formula is C13H14CuF6O4. The summed E-state index contributed by atoms with van der Waals surface area (Å²) >= 11 is 0. The van der Waals surface area contributed by atoms with Gasteiger partial charge in [0.15, 0.2) is 0 Å². The Balaban J connectivity index is 0. The molecule has 11 heteroatoms. The second-order valence-electron chi connectivity index (χ2n) is 4.47. The van der Waals surface area contributed by atoms with E-state index in [0.29, 0.717) is 0 Å². The van der Waals surface area contributed by atoms with E-state index in [4.69, 9.17) is 10.2 Å². The molecule has 0 amide bonds. The number of halogens is 6. The molecular weight excluding hydrogens is 398 g/mol. The van der Waals surface area contributed by atoms with Crippen molar-refractivity contribution in [2.24, 2.45) is 0 Å². The molecule has 0 spiro atoms. The zero-order chi connectivity index (χ0) is 18.3. The standard InChI is InChI=1S/C8H12.C5H2F6O4.Cu/c1-2-4-6-8-7-5-3-1;6-3(7,1(12)13)5(10,11)4(8,9)2(14)15;/h1-4H,5-8H2;(H,12,13)(H,14,15);. The number of alkyl halides is 6. The molecule has 0 fully saturated rings. The summed E-state index contributed by atoms with van der Waals surface area (Å²) in [5, 5.41) is 15.1. The Bertz CT molecular complexity index is 449. The fourth-order valence-corrected chi connectivity index (χ4v) is 1.34. The molecule has 1 aliphatic rings. The van der Waals surface area contributed by atoms with Gasteiger partial charge in [-0.1, -0.05) is 24.3 Å². The van der Waals surface area contributed by atoms with E-state index in [9.17, 15) is 35.9 Å². The van der Waals surface area contributed by atoms with Crippen LogP contribution in [0.1, 0.15) is 25.7 Å². The van der Waals surface area contributed by atoms with Crippen molar-refractivity contribution in [1.82, 2.24) is 0 Å². The smallest absolute Gasteiger partial charge is 0.411 e. The SMILES string of the molecule is C1=CCCCCC=C1.O=C(O)C(F)(F)C(F)(F)C(F)(F)C(=O)O.[Cu]. The van der Waals surface area contributed by atoms with E-state index in [2.05, 4.69) is 24.3 Å². The molecule has 0 atom stereocenters. The van der Waals surface area contributed by atoms with Crippen LogP contribution in [0.4, 0.5) is 26.3 Å². The Labute approximate surface area is 143 Å². The first-order chi connectivity index (χ1) is 10.4. The van der Waals surface area contributed by atoms with Crippen LogP contribution in [0.2, 0.25) is 0 Å². The summed E-state index contributed by atoms with van der Waals surface area (Å²) in [4.78, 5) is 19.2. The predicted octanol–water partition coefficient (Wildman–Crippen LogP) is 3.73. The van der Waals surface area contributed by atoms with E-state index in [0.717, 1.165) is 0 Å². The van der Waals surface area contributed by atoms with Crippen molar-refractivity contribution in [2.75, 3.05) is 0 Å². The summed E-state index contributed by atoms with van der Waals surface area (Å²) in [6, 6.07) is 0. The number of aliphatic carboxylic acids is 2. The zero-order valence-electron chi connectivity index (χ0n) is 11.9. The molecule has 0 aliphatic heterocycles. The Morgan fingerprint density at radius 2 is 1.04 bits per heavy atom. The van der Waals surface area contributed by atoms with E-state index < -0.39 is 29.7 Å². The van der Waals surface area contributed by atoms with Crippen LogP contribution >= 0.6 is 0 Å². The normalized spacial score (nSPS) is 15.2. The topological polar surface area (TPSA) is 74.6 Å². The van der Waals surface area contributed by atoms with Gasteiger partial charge in [-0.3, -0.25) is 0 Å². The van der Waals surface area contributed by atoms with Crippen LogP contribution in [0, 0.1) is 0 Å². The van der Waals surface area contributed by atoms with Gasteiger partial charge in [0.25, 0.3) is 0 Å². The number of allylic oxidation sites excluding steroid dienone is 4. The minimum Gasteiger partial charge on any atom is -0.477 e. The number of rotatable bonds is 4. The molecule has 1 aliphatic carbocycles. The van der Waals surface area contributed by atoms with Gasteiger partial charge < -0.3 is 10.2 Å². The molecule has 4 nitrogen and oxygen atoms in total. The second kappa shape index (κ2) is 9.73. The average molecular weight is 412 g/mol. The molecule has 2 N–H and O–H groups in total. The van der Waals surface area contributed by atoms with Crippen LogP contribution in [0.25, 0.3) is 0 Å². The van der Waals surface area contributed by atoms with Crippen molar-refractivity contribution in [3.05, 3.63) is 24.3 Å². The van der Waals surface area contributed by atoms with Crippen LogP contribution in [0.15, 0.2) is 24.3 Å². The van der Waals surface area contributed by atoms with E-state index in [-0.39, 0.29) is 17.1 Å². The van der Waals surface area contributed by atoms with Crippen molar-refractivity contribution in [2.45, 2.75) is 43.5 Å². The number of carbonyl (C=O) groups is 2. The van der Waals surface area contributed by atoms with Gasteiger partial charge in [-0.2, -0.15) is 26.3 Å². The average Bonchev–Trinajstić information content (AvgIpc) is 2.37. The summed E-state index contributed by atoms with van der Waals surface area (Å²) in [6.45, 7) is 0. The Morgan fingerprint density at radius 1 is 0.750 bits per heavy atom. The van der Waals surface area contributed by atoms with Crippen LogP contribution in [-0.2, 0) is 26.7 Å². The fraction of sp³-hybridized carbons (Fsp3) is 0.538. The van der Waals surface area contributed by atoms with E-state index in [1.807, 2.05) is 0 Å². The Kier molecular flexibility index (Phi) is 10.0. The minimum absolute atomic E-state index is 0. The van der Waals surface area contributed by atoms with Crippen LogP contribution in [-0.4, -0.2) is 39.9 Å². The van der Waals surface area contributed by atoms with Crippen molar-refractivity contribution in [1.29, 1.82) is 0 Å². The monoisotopic (exact) mass is 411 g/mol. The summed E-state index contributed by atoms with van der Waals surface area (Å²) in [5.41, 5.74) is 0. The van der Waals surface area contributed by atoms with Gasteiger partial charge in [0.1, 0.15) is 0 Å². The molecule has 1 rings (SSSR count). The first-order valence-corrected chi connectivity index (χ1v) is 6.31. The molecule has 24 heavy (non-hydrogen) atoms. The quantitative estimate of drug-likeness (QED) is 0.546. The number of carboxylic acids is 2. The molecule has 0 aromatic heterocycles. The Hall–Kier alpha value is -1.48. The van der Waals surface area contributed by atoms with Crippen molar-refractivity contribution in [3.63, 3.8) is 0 Å². The first kappa shape index (κ1) is 24.8. The van der Waals surface area contributed by atoms with Crippen molar-refractivity contribution < 1.29 is 63.2 Å². The van der Waals surface area contributed by atoms with E-state index in [1.54, 1.807) is 0 Å². The Morgan fingerprint density at radius 3 is 1.29 bits per heavy atom. The molecule has 0 bridgehead atoms. The number of carboxylic acid groups (broad SMARTS) is 2. The van der Waals surface area contributed by atoms with Crippen LogP contribution in [0.5, 0.6) is 0 Å². The van der Waals surface area contributed by atoms with Gasteiger partial charge in [-0.15, -0.1) is 0 Å². The predicted molar refractivity (Wildman–Crippen MR) is 66.9 cm³/mol. The third-order valence-electron chi connectivity index (χ3n) is 2.70. The van der Waals surface area contributed by atoms with E-state index >= 15 is 0 Å². The van der Waals surface area contributed by atoms with Crippen molar-refractivity contribution >= 4 is 11.9 Å². The summed E-state index contributed by atoms with van der Waals surface area (Å²) in [5.74, 6) is -26.0. The maximum Gasteiger partial charge on any atom is 0.411 e. The summed E-state index contributed by atoms with van der Waals surface area (Å²) < 4.78 is 72.8. The van der Waals surface area contributed by atoms with Crippen molar-refractivity contribution in [3.8, 4) is 0 Å². The fourth-order valence-electron chi connectivity index (χ4n) is 1.34. The first-order valence-electron chi connectivity index (χ1n) is 6.31. The number of hydrogen-bond acceptors (Lipinski definition) is 2.